The number of alkyl halides is 3. The molecule has 3 aromatic carbocycles. The van der Waals surface area contributed by atoms with Crippen LogP contribution in [-0.2, 0) is 17.6 Å². The predicted molar refractivity (Wildman–Crippen MR) is 124 cm³/mol. The number of methoxy groups -OCH3 is 1. The van der Waals surface area contributed by atoms with Gasteiger partial charge in [0.15, 0.2) is 11.5 Å². The molecule has 0 aromatic heterocycles. The number of nitrogens with zero attached hydrogens (tertiary/aromatic N) is 2. The minimum Gasteiger partial charge on any atom is -0.493 e. The van der Waals surface area contributed by atoms with Crippen LogP contribution in [0.5, 0.6) is 11.5 Å². The zero-order valence-corrected chi connectivity index (χ0v) is 18.7. The molecule has 0 atom stereocenters. The number of nitrogens with one attached hydrogen (secondary N) is 1. The van der Waals surface area contributed by atoms with Gasteiger partial charge in [-0.3, -0.25) is 14.9 Å². The average Bonchev–Trinajstić information content (AvgIpc) is 2.86. The van der Waals surface area contributed by atoms with Gasteiger partial charge in [-0.2, -0.15) is 18.4 Å². The summed E-state index contributed by atoms with van der Waals surface area (Å²) in [4.78, 5) is 22.5. The number of nitro benzene ring substituents is 1. The summed E-state index contributed by atoms with van der Waals surface area (Å²) in [5, 5.41) is 22.3. The molecule has 3 rings (SSSR count). The first-order chi connectivity index (χ1) is 17.1. The second kappa shape index (κ2) is 11.1. The van der Waals surface area contributed by atoms with Gasteiger partial charge in [-0.25, -0.2) is 0 Å². The topological polar surface area (TPSA) is 114 Å². The van der Waals surface area contributed by atoms with E-state index < -0.39 is 39.5 Å². The van der Waals surface area contributed by atoms with Crippen molar-refractivity contribution >= 4 is 23.4 Å². The van der Waals surface area contributed by atoms with E-state index in [4.69, 9.17) is 9.47 Å². The number of benzene rings is 3. The molecule has 11 heteroatoms. The highest BCUT2D eigenvalue weighted by molar-refractivity contribution is 6.10. The smallest absolute Gasteiger partial charge is 0.418 e. The number of carbonyl (C=O) groups is 1. The first kappa shape index (κ1) is 25.8. The molecule has 1 amide bonds. The van der Waals surface area contributed by atoms with E-state index in [2.05, 4.69) is 0 Å². The van der Waals surface area contributed by atoms with Gasteiger partial charge in [0.05, 0.1) is 23.3 Å². The van der Waals surface area contributed by atoms with E-state index in [1.807, 2.05) is 35.6 Å². The molecular formula is C25H18F3N3O5. The van der Waals surface area contributed by atoms with Crippen molar-refractivity contribution in [3.8, 4) is 17.6 Å². The standard InChI is InChI=1S/C25H18F3N3O5/c1-35-22-10-7-17(12-23(22)36-15-16-5-3-2-4-6-16)11-18(14-29)24(32)30-21-9-8-19(31(33)34)13-20(21)25(26,27)28/h2-13H,15H2,1H3,(H,30,32)/b18-11+. The lowest BCUT2D eigenvalue weighted by Crippen LogP contribution is -2.18. The number of amides is 1. The Balaban J connectivity index is 1.87. The van der Waals surface area contributed by atoms with Crippen LogP contribution in [0.1, 0.15) is 16.7 Å². The molecular weight excluding hydrogens is 479 g/mol. The Bertz CT molecular complexity index is 1350. The second-order valence-electron chi connectivity index (χ2n) is 7.29. The van der Waals surface area contributed by atoms with Crippen LogP contribution in [-0.4, -0.2) is 17.9 Å². The lowest BCUT2D eigenvalue weighted by atomic mass is 10.1. The number of halogens is 3. The molecule has 0 heterocycles. The number of carbonyl (C=O) groups excluding carboxylic acids is 1. The zero-order chi connectivity index (χ0) is 26.3. The van der Waals surface area contributed by atoms with Crippen molar-refractivity contribution in [3.63, 3.8) is 0 Å². The fraction of sp³-hybridized carbons (Fsp3) is 0.120. The third-order valence-electron chi connectivity index (χ3n) is 4.87. The zero-order valence-electron chi connectivity index (χ0n) is 18.7. The molecule has 0 unspecified atom stereocenters. The fourth-order valence-electron chi connectivity index (χ4n) is 3.13. The first-order valence-corrected chi connectivity index (χ1v) is 10.3. The van der Waals surface area contributed by atoms with E-state index in [9.17, 15) is 33.3 Å². The summed E-state index contributed by atoms with van der Waals surface area (Å²) in [5.41, 5.74) is -2.19. The van der Waals surface area contributed by atoms with Crippen molar-refractivity contribution in [1.29, 1.82) is 5.26 Å². The van der Waals surface area contributed by atoms with Crippen LogP contribution in [0.4, 0.5) is 24.5 Å². The van der Waals surface area contributed by atoms with Gasteiger partial charge >= 0.3 is 6.18 Å². The van der Waals surface area contributed by atoms with Crippen LogP contribution in [0, 0.1) is 21.4 Å². The van der Waals surface area contributed by atoms with Gasteiger partial charge in [0, 0.05) is 12.1 Å². The van der Waals surface area contributed by atoms with Gasteiger partial charge in [-0.15, -0.1) is 0 Å². The Kier molecular flexibility index (Phi) is 7.91. The van der Waals surface area contributed by atoms with E-state index >= 15 is 0 Å². The molecule has 0 aliphatic heterocycles. The number of non-ortho nitro benzene ring substituents is 1. The molecule has 1 N–H and O–H groups in total. The maximum Gasteiger partial charge on any atom is 0.418 e. The van der Waals surface area contributed by atoms with Crippen molar-refractivity contribution in [3.05, 3.63) is 99.1 Å². The fourth-order valence-corrected chi connectivity index (χ4v) is 3.13. The van der Waals surface area contributed by atoms with Crippen LogP contribution in [0.15, 0.2) is 72.3 Å². The molecule has 36 heavy (non-hydrogen) atoms. The lowest BCUT2D eigenvalue weighted by Gasteiger charge is -2.13. The molecule has 0 radical (unpaired) electrons. The van der Waals surface area contributed by atoms with Crippen LogP contribution in [0.3, 0.4) is 0 Å². The monoisotopic (exact) mass is 497 g/mol. The molecule has 0 bridgehead atoms. The van der Waals surface area contributed by atoms with E-state index in [1.54, 1.807) is 12.1 Å². The van der Waals surface area contributed by atoms with Gasteiger partial charge in [-0.05, 0) is 35.4 Å². The minimum atomic E-state index is -4.98. The van der Waals surface area contributed by atoms with Gasteiger partial charge in [-0.1, -0.05) is 36.4 Å². The van der Waals surface area contributed by atoms with E-state index in [-0.39, 0.29) is 6.61 Å². The number of rotatable bonds is 8. The van der Waals surface area contributed by atoms with Crippen LogP contribution in [0.25, 0.3) is 6.08 Å². The maximum atomic E-state index is 13.4. The summed E-state index contributed by atoms with van der Waals surface area (Å²) in [6, 6.07) is 17.4. The highest BCUT2D eigenvalue weighted by Crippen LogP contribution is 2.37. The van der Waals surface area contributed by atoms with Crippen LogP contribution < -0.4 is 14.8 Å². The number of nitriles is 1. The summed E-state index contributed by atoms with van der Waals surface area (Å²) in [6.07, 6.45) is -3.81. The summed E-state index contributed by atoms with van der Waals surface area (Å²) in [6.45, 7) is 0.219. The molecule has 0 aliphatic rings. The number of ether oxygens (including phenoxy) is 2. The van der Waals surface area contributed by atoms with E-state index in [0.29, 0.717) is 23.1 Å². The first-order valence-electron chi connectivity index (χ1n) is 10.3. The van der Waals surface area contributed by atoms with Gasteiger partial charge < -0.3 is 14.8 Å². The molecule has 184 valence electrons. The summed E-state index contributed by atoms with van der Waals surface area (Å²) in [5.74, 6) is -0.409. The third-order valence-corrected chi connectivity index (χ3v) is 4.87. The summed E-state index contributed by atoms with van der Waals surface area (Å²) in [7, 11) is 1.44. The predicted octanol–water partition coefficient (Wildman–Crippen LogP) is 5.75. The highest BCUT2D eigenvalue weighted by Gasteiger charge is 2.36. The lowest BCUT2D eigenvalue weighted by molar-refractivity contribution is -0.385. The molecule has 0 spiro atoms. The van der Waals surface area contributed by atoms with Crippen molar-refractivity contribution < 1.29 is 32.4 Å². The Labute approximate surface area is 203 Å². The van der Waals surface area contributed by atoms with E-state index in [0.717, 1.165) is 17.7 Å². The largest absolute Gasteiger partial charge is 0.493 e. The highest BCUT2D eigenvalue weighted by atomic mass is 19.4. The maximum absolute atomic E-state index is 13.4. The van der Waals surface area contributed by atoms with Gasteiger partial charge in [0.2, 0.25) is 0 Å². The molecule has 8 nitrogen and oxygen atoms in total. The normalized spacial score (nSPS) is 11.4. The number of hydrogen-bond donors (Lipinski definition) is 1. The van der Waals surface area contributed by atoms with Crippen molar-refractivity contribution in [2.75, 3.05) is 12.4 Å². The summed E-state index contributed by atoms with van der Waals surface area (Å²) < 4.78 is 51.3. The van der Waals surface area contributed by atoms with Gasteiger partial charge in [0.25, 0.3) is 11.6 Å². The minimum absolute atomic E-state index is 0.219. The van der Waals surface area contributed by atoms with Crippen molar-refractivity contribution in [1.82, 2.24) is 0 Å². The molecule has 0 aliphatic carbocycles. The second-order valence-corrected chi connectivity index (χ2v) is 7.29. The Morgan fingerprint density at radius 3 is 2.44 bits per heavy atom. The SMILES string of the molecule is COc1ccc(/C=C(\C#N)C(=O)Nc2ccc([N+](=O)[O-])cc2C(F)(F)F)cc1OCc1ccccc1. The Morgan fingerprint density at radius 1 is 1.11 bits per heavy atom. The van der Waals surface area contributed by atoms with Crippen LogP contribution in [0.2, 0.25) is 0 Å². The van der Waals surface area contributed by atoms with Gasteiger partial charge in [0.1, 0.15) is 18.2 Å². The Hall–Kier alpha value is -4.85. The quantitative estimate of drug-likeness (QED) is 0.184. The van der Waals surface area contributed by atoms with Crippen molar-refractivity contribution in [2.24, 2.45) is 0 Å². The number of hydrogen-bond acceptors (Lipinski definition) is 6. The van der Waals surface area contributed by atoms with Crippen molar-refractivity contribution in [2.45, 2.75) is 12.8 Å². The average molecular weight is 497 g/mol. The number of anilines is 1. The van der Waals surface area contributed by atoms with E-state index in [1.165, 1.54) is 25.3 Å². The molecule has 0 fully saturated rings. The molecule has 3 aromatic rings. The molecule has 0 saturated heterocycles. The molecule has 0 saturated carbocycles. The number of nitro groups is 1. The van der Waals surface area contributed by atoms with Crippen LogP contribution >= 0.6 is 0 Å². The Morgan fingerprint density at radius 2 is 1.83 bits per heavy atom. The third kappa shape index (κ3) is 6.38. The summed E-state index contributed by atoms with van der Waals surface area (Å²) >= 11 is 0.